The molecule has 2 N–H and O–H groups in total. The highest BCUT2D eigenvalue weighted by Gasteiger charge is 2.38. The Morgan fingerprint density at radius 1 is 1.28 bits per heavy atom. The van der Waals surface area contributed by atoms with E-state index in [2.05, 4.69) is 21.6 Å². The summed E-state index contributed by atoms with van der Waals surface area (Å²) >= 11 is 0. The molecular formula is C21H19F2N5O. The fraction of sp³-hybridized carbons (Fsp3) is 0.286. The van der Waals surface area contributed by atoms with Gasteiger partial charge in [0, 0.05) is 18.5 Å². The summed E-state index contributed by atoms with van der Waals surface area (Å²) in [4.78, 5) is 14.3. The molecule has 0 unspecified atom stereocenters. The molecule has 6 nitrogen and oxygen atoms in total. The Hall–Kier alpha value is -3.47. The van der Waals surface area contributed by atoms with Crippen LogP contribution >= 0.6 is 0 Å². The van der Waals surface area contributed by atoms with E-state index in [4.69, 9.17) is 0 Å². The van der Waals surface area contributed by atoms with E-state index in [0.717, 1.165) is 17.0 Å². The van der Waals surface area contributed by atoms with E-state index >= 15 is 0 Å². The highest BCUT2D eigenvalue weighted by molar-refractivity contribution is 5.98. The fourth-order valence-corrected chi connectivity index (χ4v) is 3.80. The van der Waals surface area contributed by atoms with Crippen molar-refractivity contribution < 1.29 is 13.6 Å². The maximum absolute atomic E-state index is 13.9. The molecule has 148 valence electrons. The number of likely N-dealkylation sites (tertiary alicyclic amines) is 1. The SMILES string of the molecule is N#CC1(c2cc(F)cc(CF)c2)CCN(C(=O)Nc2n[nH]c3ccccc23)CC1. The van der Waals surface area contributed by atoms with Crippen molar-refractivity contribution in [2.24, 2.45) is 0 Å². The van der Waals surface area contributed by atoms with Gasteiger partial charge in [-0.15, -0.1) is 0 Å². The number of fused-ring (bicyclic) bond motifs is 1. The molecule has 29 heavy (non-hydrogen) atoms. The number of amides is 2. The average Bonchev–Trinajstić information content (AvgIpc) is 3.16. The lowest BCUT2D eigenvalue weighted by Crippen LogP contribution is -2.46. The Balaban J connectivity index is 1.48. The van der Waals surface area contributed by atoms with Crippen LogP contribution in [-0.4, -0.2) is 34.2 Å². The summed E-state index contributed by atoms with van der Waals surface area (Å²) in [5.74, 6) is -0.115. The van der Waals surface area contributed by atoms with Crippen molar-refractivity contribution in [3.8, 4) is 6.07 Å². The lowest BCUT2D eigenvalue weighted by Gasteiger charge is -2.37. The second-order valence-corrected chi connectivity index (χ2v) is 7.21. The number of anilines is 1. The highest BCUT2D eigenvalue weighted by Crippen LogP contribution is 2.36. The molecule has 1 aromatic heterocycles. The molecule has 2 heterocycles. The third kappa shape index (κ3) is 3.51. The summed E-state index contributed by atoms with van der Waals surface area (Å²) in [6.07, 6.45) is 0.681. The minimum Gasteiger partial charge on any atom is -0.324 e. The summed E-state index contributed by atoms with van der Waals surface area (Å²) in [6.45, 7) is -0.148. The van der Waals surface area contributed by atoms with Gasteiger partial charge < -0.3 is 4.90 Å². The van der Waals surface area contributed by atoms with Crippen LogP contribution in [0, 0.1) is 17.1 Å². The number of para-hydroxylation sites is 1. The van der Waals surface area contributed by atoms with Gasteiger partial charge in [0.25, 0.3) is 0 Å². The van der Waals surface area contributed by atoms with Crippen LogP contribution in [0.5, 0.6) is 0 Å². The van der Waals surface area contributed by atoms with Crippen molar-refractivity contribution in [1.82, 2.24) is 15.1 Å². The van der Waals surface area contributed by atoms with Crippen LogP contribution in [-0.2, 0) is 12.1 Å². The Morgan fingerprint density at radius 3 is 2.76 bits per heavy atom. The van der Waals surface area contributed by atoms with E-state index in [1.165, 1.54) is 12.1 Å². The topological polar surface area (TPSA) is 84.8 Å². The van der Waals surface area contributed by atoms with Gasteiger partial charge in [-0.2, -0.15) is 10.4 Å². The van der Waals surface area contributed by atoms with Crippen LogP contribution in [0.15, 0.2) is 42.5 Å². The molecule has 3 aromatic rings. The number of aromatic amines is 1. The Bertz CT molecular complexity index is 1100. The van der Waals surface area contributed by atoms with Crippen LogP contribution in [0.4, 0.5) is 19.4 Å². The zero-order chi connectivity index (χ0) is 20.4. The van der Waals surface area contributed by atoms with Crippen molar-refractivity contribution in [1.29, 1.82) is 5.26 Å². The molecule has 8 heteroatoms. The lowest BCUT2D eigenvalue weighted by atomic mass is 9.73. The zero-order valence-corrected chi connectivity index (χ0v) is 15.6. The van der Waals surface area contributed by atoms with Crippen LogP contribution in [0.25, 0.3) is 10.9 Å². The Labute approximate surface area is 166 Å². The van der Waals surface area contributed by atoms with Crippen LogP contribution in [0.3, 0.4) is 0 Å². The van der Waals surface area contributed by atoms with Gasteiger partial charge in [-0.1, -0.05) is 18.2 Å². The average molecular weight is 395 g/mol. The number of nitrogens with one attached hydrogen (secondary N) is 2. The number of hydrogen-bond donors (Lipinski definition) is 2. The number of piperidine rings is 1. The molecule has 1 aliphatic rings. The second kappa shape index (κ2) is 7.51. The largest absolute Gasteiger partial charge is 0.324 e. The Morgan fingerprint density at radius 2 is 2.03 bits per heavy atom. The first-order valence-corrected chi connectivity index (χ1v) is 9.31. The summed E-state index contributed by atoms with van der Waals surface area (Å²) in [7, 11) is 0. The number of benzene rings is 2. The third-order valence-corrected chi connectivity index (χ3v) is 5.48. The summed E-state index contributed by atoms with van der Waals surface area (Å²) < 4.78 is 26.9. The number of urea groups is 1. The van der Waals surface area contributed by atoms with Crippen LogP contribution < -0.4 is 5.32 Å². The summed E-state index contributed by atoms with van der Waals surface area (Å²) in [6, 6.07) is 13.4. The van der Waals surface area contributed by atoms with Gasteiger partial charge in [-0.05, 0) is 48.2 Å². The van der Waals surface area contributed by atoms with Crippen LogP contribution in [0.1, 0.15) is 24.0 Å². The molecule has 0 radical (unpaired) electrons. The van der Waals surface area contributed by atoms with Crippen molar-refractivity contribution in [2.75, 3.05) is 18.4 Å². The minimum atomic E-state index is -0.943. The molecule has 0 saturated carbocycles. The standard InChI is InChI=1S/C21H19F2N5O/c22-12-14-9-15(11-16(23)10-14)21(13-24)5-7-28(8-6-21)20(29)25-19-17-3-1-2-4-18(17)26-27-19/h1-4,9-11H,5-8,12H2,(H2,25,26,27,29). The van der Waals surface area contributed by atoms with Crippen molar-refractivity contribution in [3.05, 3.63) is 59.4 Å². The van der Waals surface area contributed by atoms with Gasteiger partial charge in [0.1, 0.15) is 12.5 Å². The number of rotatable bonds is 3. The predicted octanol–water partition coefficient (Wildman–Crippen LogP) is 4.26. The van der Waals surface area contributed by atoms with E-state index < -0.39 is 17.9 Å². The Kier molecular flexibility index (Phi) is 4.89. The van der Waals surface area contributed by atoms with Gasteiger partial charge in [0.05, 0.1) is 17.0 Å². The normalized spacial score (nSPS) is 15.8. The smallest absolute Gasteiger partial charge is 0.323 e. The molecule has 0 bridgehead atoms. The number of nitrogens with zero attached hydrogens (tertiary/aromatic N) is 3. The number of aromatic nitrogens is 2. The monoisotopic (exact) mass is 395 g/mol. The number of H-pyrrole nitrogens is 1. The number of halogens is 2. The summed E-state index contributed by atoms with van der Waals surface area (Å²) in [5.41, 5.74) is 0.549. The van der Waals surface area contributed by atoms with Gasteiger partial charge in [0.2, 0.25) is 0 Å². The molecule has 1 aliphatic heterocycles. The van der Waals surface area contributed by atoms with Crippen LogP contribution in [0.2, 0.25) is 0 Å². The fourth-order valence-electron chi connectivity index (χ4n) is 3.80. The molecule has 2 amide bonds. The first kappa shape index (κ1) is 18.9. The van der Waals surface area contributed by atoms with E-state index in [-0.39, 0.29) is 11.6 Å². The zero-order valence-electron chi connectivity index (χ0n) is 15.6. The molecule has 0 atom stereocenters. The van der Waals surface area contributed by atoms with Crippen molar-refractivity contribution >= 4 is 22.8 Å². The van der Waals surface area contributed by atoms with E-state index in [1.54, 1.807) is 4.90 Å². The van der Waals surface area contributed by atoms with E-state index in [9.17, 15) is 18.8 Å². The molecule has 1 fully saturated rings. The predicted molar refractivity (Wildman–Crippen MR) is 104 cm³/mol. The van der Waals surface area contributed by atoms with Crippen molar-refractivity contribution in [3.63, 3.8) is 0 Å². The lowest BCUT2D eigenvalue weighted by molar-refractivity contribution is 0.183. The number of hydrogen-bond acceptors (Lipinski definition) is 3. The number of nitriles is 1. The number of carbonyl (C=O) groups excluding carboxylic acids is 1. The van der Waals surface area contributed by atoms with Crippen molar-refractivity contribution in [2.45, 2.75) is 24.9 Å². The second-order valence-electron chi connectivity index (χ2n) is 7.21. The molecule has 2 aromatic carbocycles. The van der Waals surface area contributed by atoms with Gasteiger partial charge in [0.15, 0.2) is 5.82 Å². The maximum Gasteiger partial charge on any atom is 0.323 e. The number of carbonyl (C=O) groups is 1. The van der Waals surface area contributed by atoms with Gasteiger partial charge in [-0.3, -0.25) is 10.4 Å². The first-order valence-electron chi connectivity index (χ1n) is 9.31. The molecular weight excluding hydrogens is 376 g/mol. The third-order valence-electron chi connectivity index (χ3n) is 5.48. The highest BCUT2D eigenvalue weighted by atomic mass is 19.1. The van der Waals surface area contributed by atoms with Gasteiger partial charge in [-0.25, -0.2) is 13.6 Å². The minimum absolute atomic E-state index is 0.209. The first-order chi connectivity index (χ1) is 14.0. The molecule has 0 spiro atoms. The molecule has 0 aliphatic carbocycles. The summed E-state index contributed by atoms with van der Waals surface area (Å²) in [5, 5.41) is 20.4. The van der Waals surface area contributed by atoms with Gasteiger partial charge >= 0.3 is 6.03 Å². The molecule has 4 rings (SSSR count). The maximum atomic E-state index is 13.9. The molecule has 1 saturated heterocycles. The number of alkyl halides is 1. The quantitative estimate of drug-likeness (QED) is 0.695. The van der Waals surface area contributed by atoms with E-state index in [1.807, 2.05) is 24.3 Å². The van der Waals surface area contributed by atoms with E-state index in [0.29, 0.717) is 37.3 Å².